The number of anilines is 1. The van der Waals surface area contributed by atoms with Gasteiger partial charge in [0.1, 0.15) is 17.5 Å². The first-order chi connectivity index (χ1) is 14.0. The third kappa shape index (κ3) is 3.55. The van der Waals surface area contributed by atoms with Gasteiger partial charge in [0.25, 0.3) is 11.5 Å². The lowest BCUT2D eigenvalue weighted by Gasteiger charge is -2.21. The normalized spacial score (nSPS) is 16.5. The highest BCUT2D eigenvalue weighted by atomic mass is 19.3. The highest BCUT2D eigenvalue weighted by Gasteiger charge is 2.40. The number of halogens is 3. The van der Waals surface area contributed by atoms with Gasteiger partial charge in [-0.2, -0.15) is 0 Å². The summed E-state index contributed by atoms with van der Waals surface area (Å²) >= 11 is 0. The fraction of sp³-hybridized carbons (Fsp3) is 0.409. The highest BCUT2D eigenvalue weighted by molar-refractivity contribution is 5.88. The van der Waals surface area contributed by atoms with Gasteiger partial charge < -0.3 is 9.88 Å². The van der Waals surface area contributed by atoms with Gasteiger partial charge in [0.2, 0.25) is 0 Å². The molecule has 0 radical (unpaired) electrons. The van der Waals surface area contributed by atoms with Crippen LogP contribution in [0, 0.1) is 12.7 Å². The van der Waals surface area contributed by atoms with Gasteiger partial charge in [-0.1, -0.05) is 18.2 Å². The first kappa shape index (κ1) is 20.4. The second kappa shape index (κ2) is 6.82. The van der Waals surface area contributed by atoms with Crippen LogP contribution in [0.3, 0.4) is 0 Å². The van der Waals surface area contributed by atoms with Crippen molar-refractivity contribution in [2.45, 2.75) is 58.0 Å². The maximum absolute atomic E-state index is 14.8. The first-order valence-corrected chi connectivity index (χ1v) is 9.84. The Morgan fingerprint density at radius 1 is 1.27 bits per heavy atom. The molecule has 1 atom stereocenters. The van der Waals surface area contributed by atoms with E-state index in [9.17, 15) is 18.0 Å². The topological polar surface area (TPSA) is 59.8 Å². The van der Waals surface area contributed by atoms with Crippen molar-refractivity contribution in [1.82, 2.24) is 14.5 Å². The largest absolute Gasteiger partial charge is 0.363 e. The molecule has 8 heteroatoms. The van der Waals surface area contributed by atoms with Crippen LogP contribution in [-0.4, -0.2) is 14.5 Å². The zero-order valence-corrected chi connectivity index (χ0v) is 17.3. The Kier molecular flexibility index (Phi) is 4.63. The molecule has 0 unspecified atom stereocenters. The number of rotatable bonds is 5. The predicted octanol–water partition coefficient (Wildman–Crippen LogP) is 5.03. The second-order valence-electron chi connectivity index (χ2n) is 8.36. The number of pyridine rings is 1. The van der Waals surface area contributed by atoms with Crippen LogP contribution >= 0.6 is 0 Å². The van der Waals surface area contributed by atoms with Gasteiger partial charge >= 0.3 is 0 Å². The number of nitrogens with zero attached hydrogens (tertiary/aromatic N) is 3. The molecule has 2 aromatic heterocycles. The lowest BCUT2D eigenvalue weighted by molar-refractivity contribution is 0.0136. The number of hydrogen-bond acceptors (Lipinski definition) is 4. The van der Waals surface area contributed by atoms with Crippen LogP contribution in [0.5, 0.6) is 0 Å². The van der Waals surface area contributed by atoms with Crippen molar-refractivity contribution in [3.63, 3.8) is 0 Å². The molecule has 3 aromatic rings. The Bertz CT molecular complexity index is 1200. The summed E-state index contributed by atoms with van der Waals surface area (Å²) in [7, 11) is 0. The van der Waals surface area contributed by atoms with Crippen LogP contribution < -0.4 is 10.9 Å². The minimum atomic E-state index is -3.28. The molecule has 0 spiro atoms. The average molecular weight is 416 g/mol. The zero-order chi connectivity index (χ0) is 21.8. The molecule has 2 heterocycles. The molecule has 1 aliphatic rings. The molecule has 0 saturated heterocycles. The molecule has 1 aromatic carbocycles. The van der Waals surface area contributed by atoms with E-state index in [1.54, 1.807) is 24.6 Å². The number of nitrogens with one attached hydrogen (secondary N) is 1. The van der Waals surface area contributed by atoms with Crippen molar-refractivity contribution >= 4 is 16.7 Å². The molecule has 1 aliphatic carbocycles. The standard InChI is InChI=1S/C22H23F3N4O/c1-12(14-6-5-7-16(19(14)23)22(4,24)25)26-20-15-11-29(21(3)8-9-21)18(30)10-17(15)27-13(2)28-20/h5-7,10-12H,8-9H2,1-4H3,(H,26,27,28)/t12-/m0/s1. The quantitative estimate of drug-likeness (QED) is 0.634. The minimum absolute atomic E-state index is 0.112. The monoisotopic (exact) mass is 416 g/mol. The number of benzene rings is 1. The van der Waals surface area contributed by atoms with Crippen molar-refractivity contribution in [2.24, 2.45) is 0 Å². The number of hydrogen-bond donors (Lipinski definition) is 1. The van der Waals surface area contributed by atoms with Gasteiger partial charge in [-0.05, 0) is 33.6 Å². The van der Waals surface area contributed by atoms with E-state index in [0.717, 1.165) is 18.9 Å². The molecule has 30 heavy (non-hydrogen) atoms. The summed E-state index contributed by atoms with van der Waals surface area (Å²) in [6, 6.07) is 4.81. The van der Waals surface area contributed by atoms with Crippen molar-refractivity contribution in [3.05, 3.63) is 63.6 Å². The van der Waals surface area contributed by atoms with Gasteiger partial charge in [0, 0.05) is 30.3 Å². The molecule has 158 valence electrons. The summed E-state index contributed by atoms with van der Waals surface area (Å²) in [5.41, 5.74) is -0.402. The molecule has 1 N–H and O–H groups in total. The molecular weight excluding hydrogens is 393 g/mol. The SMILES string of the molecule is Cc1nc(N[C@@H](C)c2cccc(C(C)(F)F)c2F)c2cn(C3(C)CC3)c(=O)cc2n1. The highest BCUT2D eigenvalue weighted by Crippen LogP contribution is 2.42. The van der Waals surface area contributed by atoms with Gasteiger partial charge in [-0.25, -0.2) is 23.1 Å². The lowest BCUT2D eigenvalue weighted by Crippen LogP contribution is -2.27. The average Bonchev–Trinajstić information content (AvgIpc) is 3.38. The number of alkyl halides is 2. The minimum Gasteiger partial charge on any atom is -0.363 e. The third-order valence-corrected chi connectivity index (χ3v) is 5.72. The molecule has 1 saturated carbocycles. The Labute approximate surface area is 172 Å². The van der Waals surface area contributed by atoms with E-state index in [1.807, 2.05) is 6.92 Å². The van der Waals surface area contributed by atoms with Crippen LogP contribution in [0.4, 0.5) is 19.0 Å². The molecule has 5 nitrogen and oxygen atoms in total. The predicted molar refractivity (Wildman–Crippen MR) is 109 cm³/mol. The first-order valence-electron chi connectivity index (χ1n) is 9.84. The summed E-state index contributed by atoms with van der Waals surface area (Å²) in [4.78, 5) is 21.3. The zero-order valence-electron chi connectivity index (χ0n) is 17.3. The maximum atomic E-state index is 14.8. The number of aromatic nitrogens is 3. The van der Waals surface area contributed by atoms with Crippen molar-refractivity contribution < 1.29 is 13.2 Å². The molecular formula is C22H23F3N4O. The smallest absolute Gasteiger partial charge is 0.273 e. The van der Waals surface area contributed by atoms with Crippen molar-refractivity contribution in [3.8, 4) is 0 Å². The third-order valence-electron chi connectivity index (χ3n) is 5.72. The van der Waals surface area contributed by atoms with Gasteiger partial charge in [0.05, 0.1) is 22.5 Å². The fourth-order valence-electron chi connectivity index (χ4n) is 3.68. The number of aryl methyl sites for hydroxylation is 1. The van der Waals surface area contributed by atoms with E-state index in [0.29, 0.717) is 29.5 Å². The van der Waals surface area contributed by atoms with Gasteiger partial charge in [-0.15, -0.1) is 0 Å². The fourth-order valence-corrected chi connectivity index (χ4v) is 3.68. The molecule has 1 fully saturated rings. The second-order valence-corrected chi connectivity index (χ2v) is 8.36. The van der Waals surface area contributed by atoms with E-state index in [2.05, 4.69) is 15.3 Å². The molecule has 0 bridgehead atoms. The van der Waals surface area contributed by atoms with Crippen LogP contribution in [0.15, 0.2) is 35.3 Å². The van der Waals surface area contributed by atoms with Crippen LogP contribution in [0.2, 0.25) is 0 Å². The van der Waals surface area contributed by atoms with E-state index in [-0.39, 0.29) is 16.7 Å². The van der Waals surface area contributed by atoms with E-state index in [4.69, 9.17) is 0 Å². The van der Waals surface area contributed by atoms with Gasteiger partial charge in [0.15, 0.2) is 0 Å². The summed E-state index contributed by atoms with van der Waals surface area (Å²) in [5.74, 6) is -3.35. The van der Waals surface area contributed by atoms with Crippen LogP contribution in [-0.2, 0) is 11.5 Å². The summed E-state index contributed by atoms with van der Waals surface area (Å²) in [6.45, 7) is 6.06. The Hall–Kier alpha value is -2.90. The van der Waals surface area contributed by atoms with Crippen molar-refractivity contribution in [1.29, 1.82) is 0 Å². The molecule has 0 aliphatic heterocycles. The summed E-state index contributed by atoms with van der Waals surface area (Å²) < 4.78 is 43.9. The van der Waals surface area contributed by atoms with Crippen LogP contribution in [0.1, 0.15) is 56.6 Å². The van der Waals surface area contributed by atoms with Crippen LogP contribution in [0.25, 0.3) is 10.9 Å². The van der Waals surface area contributed by atoms with E-state index >= 15 is 0 Å². The van der Waals surface area contributed by atoms with E-state index in [1.165, 1.54) is 18.2 Å². The number of fused-ring (bicyclic) bond motifs is 1. The Morgan fingerprint density at radius 2 is 1.97 bits per heavy atom. The van der Waals surface area contributed by atoms with E-state index < -0.39 is 23.3 Å². The van der Waals surface area contributed by atoms with Gasteiger partial charge in [-0.3, -0.25) is 4.79 Å². The molecule has 0 amide bonds. The summed E-state index contributed by atoms with van der Waals surface area (Å²) in [6.07, 6.45) is 3.55. The molecule has 4 rings (SSSR count). The Morgan fingerprint density at radius 3 is 2.60 bits per heavy atom. The maximum Gasteiger partial charge on any atom is 0.273 e. The lowest BCUT2D eigenvalue weighted by atomic mass is 10.0. The Balaban J connectivity index is 1.78. The van der Waals surface area contributed by atoms with Crippen molar-refractivity contribution in [2.75, 3.05) is 5.32 Å². The summed E-state index contributed by atoms with van der Waals surface area (Å²) in [5, 5.41) is 3.75.